The third-order valence-electron chi connectivity index (χ3n) is 2.98. The van der Waals surface area contributed by atoms with E-state index in [1.807, 2.05) is 37.4 Å². The maximum atomic E-state index is 4.73. The van der Waals surface area contributed by atoms with Crippen LogP contribution in [0.4, 0.5) is 0 Å². The zero-order valence-corrected chi connectivity index (χ0v) is 13.4. The van der Waals surface area contributed by atoms with Crippen LogP contribution in [0.5, 0.6) is 0 Å². The van der Waals surface area contributed by atoms with Crippen LogP contribution in [-0.2, 0) is 6.54 Å². The van der Waals surface area contributed by atoms with Gasteiger partial charge in [-0.05, 0) is 47.2 Å². The van der Waals surface area contributed by atoms with Crippen molar-refractivity contribution in [1.29, 1.82) is 0 Å². The minimum absolute atomic E-state index is 0.790. The van der Waals surface area contributed by atoms with Crippen molar-refractivity contribution >= 4 is 33.3 Å². The highest BCUT2D eigenvalue weighted by molar-refractivity contribution is 9.10. The number of benzene rings is 1. The molecular formula is C15H14BrN3S. The normalized spacial score (nSPS) is 11.1. The van der Waals surface area contributed by atoms with Gasteiger partial charge in [-0.15, -0.1) is 0 Å². The van der Waals surface area contributed by atoms with E-state index in [-0.39, 0.29) is 0 Å². The first kappa shape index (κ1) is 13.7. The van der Waals surface area contributed by atoms with Gasteiger partial charge in [0, 0.05) is 22.1 Å². The molecular weight excluding hydrogens is 334 g/mol. The molecule has 2 aromatic heterocycles. The quantitative estimate of drug-likeness (QED) is 0.774. The number of hydrogen-bond acceptors (Lipinski definition) is 3. The van der Waals surface area contributed by atoms with Crippen LogP contribution in [0.2, 0.25) is 0 Å². The van der Waals surface area contributed by atoms with Crippen LogP contribution in [0.25, 0.3) is 5.65 Å². The van der Waals surface area contributed by atoms with Crippen molar-refractivity contribution in [1.82, 2.24) is 14.7 Å². The second kappa shape index (κ2) is 5.99. The molecule has 0 aliphatic carbocycles. The summed E-state index contributed by atoms with van der Waals surface area (Å²) in [7, 11) is 1.95. The van der Waals surface area contributed by atoms with E-state index in [0.29, 0.717) is 0 Å². The zero-order chi connectivity index (χ0) is 13.9. The fourth-order valence-corrected chi connectivity index (χ4v) is 3.54. The van der Waals surface area contributed by atoms with Gasteiger partial charge in [-0.2, -0.15) is 0 Å². The number of imidazole rings is 1. The van der Waals surface area contributed by atoms with E-state index in [0.717, 1.165) is 21.7 Å². The summed E-state index contributed by atoms with van der Waals surface area (Å²) in [5.41, 5.74) is 2.16. The second-order valence-electron chi connectivity index (χ2n) is 4.36. The van der Waals surface area contributed by atoms with Crippen molar-refractivity contribution in [3.05, 3.63) is 58.8 Å². The Hall–Kier alpha value is -1.30. The molecule has 0 amide bonds. The van der Waals surface area contributed by atoms with Gasteiger partial charge in [-0.3, -0.25) is 0 Å². The smallest absolute Gasteiger partial charge is 0.138 e. The van der Waals surface area contributed by atoms with Crippen molar-refractivity contribution in [3.63, 3.8) is 0 Å². The van der Waals surface area contributed by atoms with Gasteiger partial charge >= 0.3 is 0 Å². The van der Waals surface area contributed by atoms with E-state index >= 15 is 0 Å². The molecule has 3 nitrogen and oxygen atoms in total. The van der Waals surface area contributed by atoms with Gasteiger partial charge in [-0.25, -0.2) is 4.98 Å². The minimum Gasteiger partial charge on any atom is -0.314 e. The number of hydrogen-bond donors (Lipinski definition) is 1. The van der Waals surface area contributed by atoms with E-state index in [9.17, 15) is 0 Å². The topological polar surface area (TPSA) is 29.3 Å². The largest absolute Gasteiger partial charge is 0.314 e. The summed E-state index contributed by atoms with van der Waals surface area (Å²) in [6.07, 6.45) is 2.05. The Bertz CT molecular complexity index is 739. The van der Waals surface area contributed by atoms with Crippen LogP contribution < -0.4 is 5.32 Å². The lowest BCUT2D eigenvalue weighted by Crippen LogP contribution is -2.08. The summed E-state index contributed by atoms with van der Waals surface area (Å²) >= 11 is 5.28. The molecule has 0 spiro atoms. The van der Waals surface area contributed by atoms with E-state index in [2.05, 4.69) is 44.0 Å². The molecule has 0 unspecified atom stereocenters. The molecule has 0 aliphatic rings. The molecule has 1 N–H and O–H groups in total. The Morgan fingerprint density at radius 1 is 1.20 bits per heavy atom. The molecule has 0 radical (unpaired) electrons. The number of nitrogens with zero attached hydrogens (tertiary/aromatic N) is 2. The summed E-state index contributed by atoms with van der Waals surface area (Å²) in [6, 6.07) is 14.3. The monoisotopic (exact) mass is 347 g/mol. The van der Waals surface area contributed by atoms with Gasteiger partial charge in [0.25, 0.3) is 0 Å². The van der Waals surface area contributed by atoms with Crippen LogP contribution in [-0.4, -0.2) is 16.4 Å². The fourth-order valence-electron chi connectivity index (χ4n) is 2.07. The van der Waals surface area contributed by atoms with Crippen LogP contribution in [0, 0.1) is 0 Å². The predicted molar refractivity (Wildman–Crippen MR) is 86.2 cm³/mol. The summed E-state index contributed by atoms with van der Waals surface area (Å²) in [4.78, 5) is 5.91. The number of fused-ring (bicyclic) bond motifs is 1. The van der Waals surface area contributed by atoms with Crippen molar-refractivity contribution in [2.24, 2.45) is 0 Å². The SMILES string of the molecule is CNCc1c(Sc2ccccc2Br)nc2ccccn12. The van der Waals surface area contributed by atoms with E-state index in [1.165, 1.54) is 10.6 Å². The van der Waals surface area contributed by atoms with Gasteiger partial charge in [0.2, 0.25) is 0 Å². The summed E-state index contributed by atoms with van der Waals surface area (Å²) in [5.74, 6) is 0. The Kier molecular flexibility index (Phi) is 4.10. The van der Waals surface area contributed by atoms with Crippen molar-refractivity contribution in [2.75, 3.05) is 7.05 Å². The average molecular weight is 348 g/mol. The lowest BCUT2D eigenvalue weighted by atomic mass is 10.4. The number of aromatic nitrogens is 2. The van der Waals surface area contributed by atoms with Crippen LogP contribution >= 0.6 is 27.7 Å². The van der Waals surface area contributed by atoms with Crippen LogP contribution in [0.3, 0.4) is 0 Å². The zero-order valence-electron chi connectivity index (χ0n) is 11.0. The number of rotatable bonds is 4. The highest BCUT2D eigenvalue weighted by atomic mass is 79.9. The first-order valence-electron chi connectivity index (χ1n) is 6.32. The molecule has 20 heavy (non-hydrogen) atoms. The maximum Gasteiger partial charge on any atom is 0.138 e. The second-order valence-corrected chi connectivity index (χ2v) is 6.24. The van der Waals surface area contributed by atoms with Gasteiger partial charge < -0.3 is 9.72 Å². The molecule has 3 rings (SSSR count). The van der Waals surface area contributed by atoms with Crippen molar-refractivity contribution in [3.8, 4) is 0 Å². The van der Waals surface area contributed by atoms with Crippen molar-refractivity contribution in [2.45, 2.75) is 16.5 Å². The van der Waals surface area contributed by atoms with Crippen LogP contribution in [0.1, 0.15) is 5.69 Å². The first-order valence-corrected chi connectivity index (χ1v) is 7.93. The predicted octanol–water partition coefficient (Wildman–Crippen LogP) is 3.97. The number of halogens is 1. The maximum absolute atomic E-state index is 4.73. The number of pyridine rings is 1. The summed E-state index contributed by atoms with van der Waals surface area (Å²) in [6.45, 7) is 0.790. The molecule has 0 bridgehead atoms. The molecule has 3 aromatic rings. The van der Waals surface area contributed by atoms with Gasteiger partial charge in [-0.1, -0.05) is 30.0 Å². The average Bonchev–Trinajstić information content (AvgIpc) is 2.80. The highest BCUT2D eigenvalue weighted by Gasteiger charge is 2.13. The minimum atomic E-state index is 0.790. The Morgan fingerprint density at radius 2 is 2.00 bits per heavy atom. The molecule has 0 saturated carbocycles. The molecule has 0 fully saturated rings. The summed E-state index contributed by atoms with van der Waals surface area (Å²) < 4.78 is 3.23. The van der Waals surface area contributed by atoms with E-state index in [1.54, 1.807) is 11.8 Å². The van der Waals surface area contributed by atoms with Crippen LogP contribution in [0.15, 0.2) is 63.1 Å². The summed E-state index contributed by atoms with van der Waals surface area (Å²) in [5, 5.41) is 4.26. The standard InChI is InChI=1S/C15H14BrN3S/c1-17-10-12-15(18-14-8-4-5-9-19(12)14)20-13-7-3-2-6-11(13)16/h2-9,17H,10H2,1H3. The number of nitrogens with one attached hydrogen (secondary N) is 1. The van der Waals surface area contributed by atoms with Gasteiger partial charge in [0.1, 0.15) is 10.7 Å². The molecule has 5 heteroatoms. The molecule has 0 atom stereocenters. The Balaban J connectivity index is 2.06. The van der Waals surface area contributed by atoms with E-state index in [4.69, 9.17) is 4.98 Å². The first-order chi connectivity index (χ1) is 9.79. The molecule has 1 aromatic carbocycles. The van der Waals surface area contributed by atoms with Gasteiger partial charge in [0.15, 0.2) is 0 Å². The lowest BCUT2D eigenvalue weighted by Gasteiger charge is -2.05. The third kappa shape index (κ3) is 2.61. The Morgan fingerprint density at radius 3 is 2.80 bits per heavy atom. The van der Waals surface area contributed by atoms with Crippen molar-refractivity contribution < 1.29 is 0 Å². The molecule has 0 saturated heterocycles. The highest BCUT2D eigenvalue weighted by Crippen LogP contribution is 2.34. The van der Waals surface area contributed by atoms with E-state index < -0.39 is 0 Å². The molecule has 102 valence electrons. The molecule has 0 aliphatic heterocycles. The van der Waals surface area contributed by atoms with Gasteiger partial charge in [0.05, 0.1) is 5.69 Å². The fraction of sp³-hybridized carbons (Fsp3) is 0.133. The Labute approximate surface area is 130 Å². The third-order valence-corrected chi connectivity index (χ3v) is 5.03. The molecule has 2 heterocycles. The lowest BCUT2D eigenvalue weighted by molar-refractivity contribution is 0.764.